The van der Waals surface area contributed by atoms with Crippen LogP contribution in [0.4, 0.5) is 0 Å². The number of ether oxygens (including phenoxy) is 2. The lowest BCUT2D eigenvalue weighted by Gasteiger charge is -2.02. The number of nitrogens with zero attached hydrogens (tertiary/aromatic N) is 4. The van der Waals surface area contributed by atoms with Gasteiger partial charge in [0.1, 0.15) is 11.5 Å². The number of aromatic nitrogens is 6. The minimum atomic E-state index is -1.20. The van der Waals surface area contributed by atoms with Crippen LogP contribution in [0.25, 0.3) is 0 Å². The molecule has 2 heterocycles. The van der Waals surface area contributed by atoms with E-state index in [1.165, 1.54) is 0 Å². The number of terminal acetylenes is 2. The maximum absolute atomic E-state index is 10.8. The van der Waals surface area contributed by atoms with Crippen LogP contribution in [-0.2, 0) is 0 Å². The summed E-state index contributed by atoms with van der Waals surface area (Å²) < 4.78 is 10.5. The van der Waals surface area contributed by atoms with Crippen LogP contribution in [0.15, 0.2) is 48.5 Å². The number of rotatable bonds is 6. The second-order valence-electron chi connectivity index (χ2n) is 6.14. The third-order valence-electron chi connectivity index (χ3n) is 3.91. The highest BCUT2D eigenvalue weighted by atomic mass is 16.5. The Balaban J connectivity index is 0.000000191. The Morgan fingerprint density at radius 2 is 1.29 bits per heavy atom. The zero-order chi connectivity index (χ0) is 24.5. The quantitative estimate of drug-likeness (QED) is 0.314. The molecule has 4 aromatic rings. The van der Waals surface area contributed by atoms with E-state index in [0.29, 0.717) is 22.6 Å². The Morgan fingerprint density at radius 1 is 0.765 bits per heavy atom. The lowest BCUT2D eigenvalue weighted by atomic mass is 10.2. The molecule has 2 aromatic heterocycles. The number of carbonyl (C=O) groups is 2. The predicted octanol–water partition coefficient (Wildman–Crippen LogP) is 2.55. The topological polar surface area (TPSA) is 176 Å². The minimum absolute atomic E-state index is 0.0917. The number of aromatic amines is 2. The summed E-state index contributed by atoms with van der Waals surface area (Å²) in [7, 11) is 0. The number of hydrogen-bond acceptors (Lipinski definition) is 8. The average molecular weight is 458 g/mol. The Labute approximate surface area is 191 Å². The van der Waals surface area contributed by atoms with Gasteiger partial charge >= 0.3 is 11.9 Å². The molecule has 0 aliphatic carbocycles. The smallest absolute Gasteiger partial charge is 0.359 e. The molecule has 2 aromatic carbocycles. The van der Waals surface area contributed by atoms with Crippen molar-refractivity contribution in [2.24, 2.45) is 0 Å². The summed E-state index contributed by atoms with van der Waals surface area (Å²) in [6, 6.07) is 13.3. The van der Waals surface area contributed by atoms with Gasteiger partial charge in [-0.15, -0.1) is 12.8 Å². The molecule has 0 atom stereocenters. The fourth-order valence-electron chi connectivity index (χ4n) is 2.35. The van der Waals surface area contributed by atoms with Crippen molar-refractivity contribution in [3.05, 3.63) is 71.0 Å². The fraction of sp³-hybridized carbons (Fsp3) is 0. The summed E-state index contributed by atoms with van der Waals surface area (Å²) in [5.74, 6) is 3.15. The van der Waals surface area contributed by atoms with Crippen LogP contribution in [0.1, 0.15) is 32.1 Å². The van der Waals surface area contributed by atoms with E-state index < -0.39 is 11.9 Å². The van der Waals surface area contributed by atoms with Crippen molar-refractivity contribution in [1.82, 2.24) is 30.8 Å². The highest BCUT2D eigenvalue weighted by Gasteiger charge is 2.17. The SMILES string of the molecule is C#Cc1ccc(Oc2nn[nH]c2C(=O)O)cc1.C#Cc1cccc(Oc2nn[nH]c2C(=O)O)c1. The zero-order valence-corrected chi connectivity index (χ0v) is 17.1. The number of hydrogen-bond donors (Lipinski definition) is 4. The van der Waals surface area contributed by atoms with E-state index in [9.17, 15) is 9.59 Å². The summed E-state index contributed by atoms with van der Waals surface area (Å²) in [4.78, 5) is 21.5. The van der Waals surface area contributed by atoms with Crippen molar-refractivity contribution < 1.29 is 29.3 Å². The third-order valence-corrected chi connectivity index (χ3v) is 3.91. The summed E-state index contributed by atoms with van der Waals surface area (Å²) in [6.07, 6.45) is 10.4. The molecule has 0 radical (unpaired) electrons. The molecule has 4 N–H and O–H groups in total. The first-order chi connectivity index (χ1) is 16.4. The van der Waals surface area contributed by atoms with Gasteiger partial charge in [-0.1, -0.05) is 38.5 Å². The van der Waals surface area contributed by atoms with Gasteiger partial charge in [-0.2, -0.15) is 0 Å². The first-order valence-electron chi connectivity index (χ1n) is 9.19. The summed E-state index contributed by atoms with van der Waals surface area (Å²) >= 11 is 0. The highest BCUT2D eigenvalue weighted by molar-refractivity contribution is 5.88. The second kappa shape index (κ2) is 10.6. The molecular formula is C22H14N6O6. The second-order valence-corrected chi connectivity index (χ2v) is 6.14. The van der Waals surface area contributed by atoms with Gasteiger partial charge in [-0.05, 0) is 42.5 Å². The summed E-state index contributed by atoms with van der Waals surface area (Å²) in [5, 5.41) is 35.8. The van der Waals surface area contributed by atoms with Gasteiger partial charge in [0, 0.05) is 11.1 Å². The molecule has 12 nitrogen and oxygen atoms in total. The molecule has 0 saturated carbocycles. The Morgan fingerprint density at radius 3 is 1.79 bits per heavy atom. The van der Waals surface area contributed by atoms with Crippen molar-refractivity contribution in [3.8, 4) is 47.9 Å². The monoisotopic (exact) mass is 458 g/mol. The van der Waals surface area contributed by atoms with E-state index >= 15 is 0 Å². The number of carboxylic acid groups (broad SMARTS) is 2. The molecule has 0 fully saturated rings. The minimum Gasteiger partial charge on any atom is -0.476 e. The van der Waals surface area contributed by atoms with Gasteiger partial charge in [0.15, 0.2) is 0 Å². The maximum Gasteiger partial charge on any atom is 0.359 e. The largest absolute Gasteiger partial charge is 0.476 e. The Hall–Kier alpha value is -5.62. The molecule has 0 unspecified atom stereocenters. The number of H-pyrrole nitrogens is 2. The third kappa shape index (κ3) is 5.75. The zero-order valence-electron chi connectivity index (χ0n) is 17.1. The van der Waals surface area contributed by atoms with Crippen LogP contribution >= 0.6 is 0 Å². The number of carboxylic acids is 2. The molecule has 168 valence electrons. The molecular weight excluding hydrogens is 444 g/mol. The molecule has 12 heteroatoms. The van der Waals surface area contributed by atoms with Crippen LogP contribution in [0.3, 0.4) is 0 Å². The van der Waals surface area contributed by atoms with Gasteiger partial charge in [0.05, 0.1) is 0 Å². The average Bonchev–Trinajstić information content (AvgIpc) is 3.50. The predicted molar refractivity (Wildman–Crippen MR) is 116 cm³/mol. The standard InChI is InChI=1S/2C11H7N3O3/c1-2-7-3-5-8(6-4-7)17-10-9(11(15)16)12-14-13-10;1-2-7-4-3-5-8(6-7)17-10-9(11(15)16)12-14-13-10/h2*1,3-6H,(H,15,16)(H,12,13,14). The fourth-order valence-corrected chi connectivity index (χ4v) is 2.35. The highest BCUT2D eigenvalue weighted by Crippen LogP contribution is 2.23. The molecule has 0 amide bonds. The maximum atomic E-state index is 10.8. The van der Waals surface area contributed by atoms with Crippen molar-refractivity contribution >= 4 is 11.9 Å². The van der Waals surface area contributed by atoms with E-state index in [4.69, 9.17) is 32.5 Å². The van der Waals surface area contributed by atoms with Crippen molar-refractivity contribution in [3.63, 3.8) is 0 Å². The molecule has 4 rings (SSSR count). The van der Waals surface area contributed by atoms with Gasteiger partial charge in [0.25, 0.3) is 11.8 Å². The van der Waals surface area contributed by atoms with Crippen LogP contribution < -0.4 is 9.47 Å². The first kappa shape index (κ1) is 23.1. The van der Waals surface area contributed by atoms with E-state index in [0.717, 1.165) is 0 Å². The van der Waals surface area contributed by atoms with E-state index in [1.54, 1.807) is 48.5 Å². The van der Waals surface area contributed by atoms with E-state index in [2.05, 4.69) is 42.7 Å². The molecule has 0 saturated heterocycles. The summed E-state index contributed by atoms with van der Waals surface area (Å²) in [5.41, 5.74) is 0.918. The van der Waals surface area contributed by atoms with Gasteiger partial charge < -0.3 is 19.7 Å². The molecule has 0 bridgehead atoms. The molecule has 0 aliphatic heterocycles. The summed E-state index contributed by atoms with van der Waals surface area (Å²) in [6.45, 7) is 0. The Bertz CT molecular complexity index is 1390. The lowest BCUT2D eigenvalue weighted by molar-refractivity contribution is 0.0676. The van der Waals surface area contributed by atoms with E-state index in [1.807, 2.05) is 0 Å². The van der Waals surface area contributed by atoms with Gasteiger partial charge in [0.2, 0.25) is 11.4 Å². The van der Waals surface area contributed by atoms with Gasteiger partial charge in [-0.3, -0.25) is 0 Å². The van der Waals surface area contributed by atoms with Crippen molar-refractivity contribution in [1.29, 1.82) is 0 Å². The molecule has 0 spiro atoms. The van der Waals surface area contributed by atoms with Crippen LogP contribution in [0.5, 0.6) is 23.3 Å². The number of benzene rings is 2. The van der Waals surface area contributed by atoms with Crippen molar-refractivity contribution in [2.75, 3.05) is 0 Å². The van der Waals surface area contributed by atoms with Crippen molar-refractivity contribution in [2.45, 2.75) is 0 Å². The van der Waals surface area contributed by atoms with Crippen LogP contribution in [0.2, 0.25) is 0 Å². The molecule has 34 heavy (non-hydrogen) atoms. The van der Waals surface area contributed by atoms with Crippen LogP contribution in [0, 0.1) is 24.7 Å². The first-order valence-corrected chi connectivity index (χ1v) is 9.19. The number of nitrogens with one attached hydrogen (secondary N) is 2. The van der Waals surface area contributed by atoms with Crippen LogP contribution in [-0.4, -0.2) is 53.0 Å². The van der Waals surface area contributed by atoms with Gasteiger partial charge in [-0.25, -0.2) is 19.8 Å². The normalized spacial score (nSPS) is 9.59. The lowest BCUT2D eigenvalue weighted by Crippen LogP contribution is -1.99. The van der Waals surface area contributed by atoms with E-state index in [-0.39, 0.29) is 23.1 Å². The number of aromatic carboxylic acids is 2. The molecule has 0 aliphatic rings. The Kier molecular flexibility index (Phi) is 7.19.